The highest BCUT2D eigenvalue weighted by atomic mass is 35.5. The fourth-order valence-corrected chi connectivity index (χ4v) is 3.37. The first-order chi connectivity index (χ1) is 10.1. The zero-order valence-electron chi connectivity index (χ0n) is 12.2. The van der Waals surface area contributed by atoms with E-state index in [2.05, 4.69) is 4.98 Å². The van der Waals surface area contributed by atoms with Crippen LogP contribution in [0.4, 0.5) is 0 Å². The molecule has 0 aliphatic carbocycles. The SMILES string of the molecule is CCN1CC(=O)N(CCCCc2nc(CCl)cs2)CC1=O. The zero-order valence-corrected chi connectivity index (χ0v) is 13.8. The maximum absolute atomic E-state index is 11.9. The van der Waals surface area contributed by atoms with Crippen molar-refractivity contribution in [2.45, 2.75) is 32.1 Å². The number of rotatable bonds is 7. The number of thiazole rings is 1. The standard InChI is InChI=1S/C14H20ClN3O2S/c1-2-17-8-14(20)18(9-13(17)19)6-4-3-5-12-16-11(7-15)10-21-12/h10H,2-9H2,1H3. The third kappa shape index (κ3) is 4.41. The number of likely N-dealkylation sites (N-methyl/N-ethyl adjacent to an activating group) is 1. The van der Waals surface area contributed by atoms with Gasteiger partial charge in [0.05, 0.1) is 29.7 Å². The average Bonchev–Trinajstić information content (AvgIpc) is 2.94. The number of carbonyl (C=O) groups is 2. The van der Waals surface area contributed by atoms with Crippen LogP contribution in [-0.4, -0.2) is 52.8 Å². The third-order valence-corrected chi connectivity index (χ3v) is 4.78. The van der Waals surface area contributed by atoms with Crippen molar-refractivity contribution in [1.29, 1.82) is 0 Å². The highest BCUT2D eigenvalue weighted by molar-refractivity contribution is 7.09. The number of nitrogens with zero attached hydrogens (tertiary/aromatic N) is 3. The molecule has 2 heterocycles. The molecule has 2 rings (SSSR count). The molecule has 0 unspecified atom stereocenters. The van der Waals surface area contributed by atoms with Gasteiger partial charge in [-0.15, -0.1) is 22.9 Å². The van der Waals surface area contributed by atoms with Gasteiger partial charge in [-0.3, -0.25) is 9.59 Å². The molecule has 116 valence electrons. The Morgan fingerprint density at radius 3 is 2.62 bits per heavy atom. The van der Waals surface area contributed by atoms with Crippen LogP contribution in [0.15, 0.2) is 5.38 Å². The van der Waals surface area contributed by atoms with E-state index in [9.17, 15) is 9.59 Å². The van der Waals surface area contributed by atoms with E-state index in [-0.39, 0.29) is 24.9 Å². The quantitative estimate of drug-likeness (QED) is 0.567. The molecule has 0 spiro atoms. The Morgan fingerprint density at radius 2 is 1.95 bits per heavy atom. The Bertz CT molecular complexity index is 506. The van der Waals surface area contributed by atoms with Gasteiger partial charge in [-0.2, -0.15) is 0 Å². The summed E-state index contributed by atoms with van der Waals surface area (Å²) in [5, 5.41) is 3.07. The number of piperazine rings is 1. The van der Waals surface area contributed by atoms with Gasteiger partial charge in [0.15, 0.2) is 0 Å². The molecule has 0 bridgehead atoms. The van der Waals surface area contributed by atoms with Crippen LogP contribution in [0.1, 0.15) is 30.5 Å². The van der Waals surface area contributed by atoms with E-state index in [1.807, 2.05) is 12.3 Å². The Hall–Kier alpha value is -1.14. The van der Waals surface area contributed by atoms with Gasteiger partial charge < -0.3 is 9.80 Å². The number of hydrogen-bond donors (Lipinski definition) is 0. The summed E-state index contributed by atoms with van der Waals surface area (Å²) in [4.78, 5) is 31.4. The Labute approximate surface area is 133 Å². The van der Waals surface area contributed by atoms with Crippen LogP contribution in [0, 0.1) is 0 Å². The summed E-state index contributed by atoms with van der Waals surface area (Å²) >= 11 is 7.35. The minimum absolute atomic E-state index is 0.0452. The normalized spacial score (nSPS) is 15.9. The second-order valence-electron chi connectivity index (χ2n) is 5.05. The van der Waals surface area contributed by atoms with Crippen LogP contribution < -0.4 is 0 Å². The van der Waals surface area contributed by atoms with Gasteiger partial charge in [0, 0.05) is 18.5 Å². The summed E-state index contributed by atoms with van der Waals surface area (Å²) in [6.45, 7) is 3.59. The molecule has 1 aromatic heterocycles. The van der Waals surface area contributed by atoms with E-state index in [0.717, 1.165) is 30.0 Å². The van der Waals surface area contributed by atoms with Gasteiger partial charge in [-0.25, -0.2) is 4.98 Å². The van der Waals surface area contributed by atoms with Crippen molar-refractivity contribution in [2.24, 2.45) is 0 Å². The molecular weight excluding hydrogens is 310 g/mol. The van der Waals surface area contributed by atoms with Gasteiger partial charge in [-0.05, 0) is 26.2 Å². The molecule has 0 atom stereocenters. The lowest BCUT2D eigenvalue weighted by molar-refractivity contribution is -0.149. The Morgan fingerprint density at radius 1 is 1.24 bits per heavy atom. The maximum atomic E-state index is 11.9. The average molecular weight is 330 g/mol. The van der Waals surface area contributed by atoms with E-state index < -0.39 is 0 Å². The zero-order chi connectivity index (χ0) is 15.2. The first kappa shape index (κ1) is 16.2. The molecule has 21 heavy (non-hydrogen) atoms. The van der Waals surface area contributed by atoms with E-state index in [4.69, 9.17) is 11.6 Å². The molecule has 1 fully saturated rings. The molecule has 1 aromatic rings. The Kier molecular flexibility index (Phi) is 5.99. The predicted octanol–water partition coefficient (Wildman–Crippen LogP) is 1.90. The fourth-order valence-electron chi connectivity index (χ4n) is 2.30. The van der Waals surface area contributed by atoms with E-state index >= 15 is 0 Å². The molecule has 0 aromatic carbocycles. The largest absolute Gasteiger partial charge is 0.332 e. The number of halogens is 1. The first-order valence-corrected chi connectivity index (χ1v) is 8.60. The molecule has 0 radical (unpaired) electrons. The van der Waals surface area contributed by atoms with Gasteiger partial charge in [-0.1, -0.05) is 0 Å². The first-order valence-electron chi connectivity index (χ1n) is 7.18. The van der Waals surface area contributed by atoms with Gasteiger partial charge in [0.1, 0.15) is 0 Å². The molecular formula is C14H20ClN3O2S. The third-order valence-electron chi connectivity index (χ3n) is 3.54. The van der Waals surface area contributed by atoms with Crippen molar-refractivity contribution in [2.75, 3.05) is 26.2 Å². The van der Waals surface area contributed by atoms with Crippen LogP contribution in [0.3, 0.4) is 0 Å². The smallest absolute Gasteiger partial charge is 0.242 e. The summed E-state index contributed by atoms with van der Waals surface area (Å²) in [6, 6.07) is 0. The highest BCUT2D eigenvalue weighted by Crippen LogP contribution is 2.14. The van der Waals surface area contributed by atoms with Crippen molar-refractivity contribution in [3.05, 3.63) is 16.1 Å². The van der Waals surface area contributed by atoms with Crippen LogP contribution in [-0.2, 0) is 21.9 Å². The number of carbonyl (C=O) groups excluding carboxylic acids is 2. The predicted molar refractivity (Wildman–Crippen MR) is 83.4 cm³/mol. The van der Waals surface area contributed by atoms with Crippen LogP contribution in [0.5, 0.6) is 0 Å². The second-order valence-corrected chi connectivity index (χ2v) is 6.26. The minimum Gasteiger partial charge on any atom is -0.332 e. The molecule has 1 aliphatic rings. The van der Waals surface area contributed by atoms with Crippen LogP contribution in [0.25, 0.3) is 0 Å². The molecule has 5 nitrogen and oxygen atoms in total. The number of amides is 2. The monoisotopic (exact) mass is 329 g/mol. The number of aryl methyl sites for hydroxylation is 1. The molecule has 1 saturated heterocycles. The minimum atomic E-state index is 0.0452. The topological polar surface area (TPSA) is 53.5 Å². The maximum Gasteiger partial charge on any atom is 0.242 e. The van der Waals surface area contributed by atoms with Crippen molar-refractivity contribution in [1.82, 2.24) is 14.8 Å². The van der Waals surface area contributed by atoms with E-state index in [0.29, 0.717) is 19.0 Å². The molecule has 0 saturated carbocycles. The van der Waals surface area contributed by atoms with Crippen molar-refractivity contribution in [3.8, 4) is 0 Å². The molecule has 1 aliphatic heterocycles. The number of unbranched alkanes of at least 4 members (excludes halogenated alkanes) is 1. The number of hydrogen-bond acceptors (Lipinski definition) is 4. The van der Waals surface area contributed by atoms with Crippen molar-refractivity contribution in [3.63, 3.8) is 0 Å². The summed E-state index contributed by atoms with van der Waals surface area (Å²) in [5.41, 5.74) is 0.924. The molecule has 2 amide bonds. The molecule has 7 heteroatoms. The van der Waals surface area contributed by atoms with Gasteiger partial charge in [0.2, 0.25) is 11.8 Å². The lowest BCUT2D eigenvalue weighted by atomic mass is 10.2. The van der Waals surface area contributed by atoms with Gasteiger partial charge >= 0.3 is 0 Å². The van der Waals surface area contributed by atoms with Crippen LogP contribution in [0.2, 0.25) is 0 Å². The summed E-state index contributed by atoms with van der Waals surface area (Å²) in [7, 11) is 0. The highest BCUT2D eigenvalue weighted by Gasteiger charge is 2.28. The van der Waals surface area contributed by atoms with Crippen molar-refractivity contribution >= 4 is 34.8 Å². The lowest BCUT2D eigenvalue weighted by Gasteiger charge is -2.33. The number of alkyl halides is 1. The molecule has 0 N–H and O–H groups in total. The van der Waals surface area contributed by atoms with Crippen molar-refractivity contribution < 1.29 is 9.59 Å². The fraction of sp³-hybridized carbons (Fsp3) is 0.643. The van der Waals surface area contributed by atoms with E-state index in [1.54, 1.807) is 21.1 Å². The lowest BCUT2D eigenvalue weighted by Crippen LogP contribution is -2.53. The Balaban J connectivity index is 1.71. The summed E-state index contributed by atoms with van der Waals surface area (Å²) in [5.74, 6) is 0.549. The van der Waals surface area contributed by atoms with Crippen LogP contribution >= 0.6 is 22.9 Å². The summed E-state index contributed by atoms with van der Waals surface area (Å²) < 4.78 is 0. The summed E-state index contributed by atoms with van der Waals surface area (Å²) in [6.07, 6.45) is 2.75. The van der Waals surface area contributed by atoms with E-state index in [1.165, 1.54) is 0 Å². The van der Waals surface area contributed by atoms with Gasteiger partial charge in [0.25, 0.3) is 0 Å². The number of aromatic nitrogens is 1. The second kappa shape index (κ2) is 7.75.